The van der Waals surface area contributed by atoms with Gasteiger partial charge in [-0.2, -0.15) is 8.78 Å². The number of alkyl halides is 2. The third kappa shape index (κ3) is 5.75. The first-order valence-corrected chi connectivity index (χ1v) is 11.7. The minimum atomic E-state index is -3.60. The summed E-state index contributed by atoms with van der Waals surface area (Å²) in [5, 5.41) is 0.245. The van der Waals surface area contributed by atoms with Crippen LogP contribution in [0.25, 0.3) is 11.1 Å². The largest absolute Gasteiger partial charge is 0.435 e. The summed E-state index contributed by atoms with van der Waals surface area (Å²) in [5.41, 5.74) is 1.54. The Morgan fingerprint density at radius 2 is 1.84 bits per heavy atom. The predicted molar refractivity (Wildman–Crippen MR) is 115 cm³/mol. The van der Waals surface area contributed by atoms with E-state index in [2.05, 4.69) is 9.72 Å². The summed E-state index contributed by atoms with van der Waals surface area (Å²) in [6, 6.07) is 10.4. The molecule has 0 fully saturated rings. The lowest BCUT2D eigenvalue weighted by atomic mass is 10.2. The normalized spacial score (nSPS) is 12.0. The molecule has 2 aromatic carbocycles. The summed E-state index contributed by atoms with van der Waals surface area (Å²) in [6.45, 7) is -2.61. The molecule has 3 aromatic rings. The summed E-state index contributed by atoms with van der Waals surface area (Å²) in [7, 11) is 0.910. The number of carbonyl (C=O) groups excluding carboxylic acids is 1. The van der Waals surface area contributed by atoms with E-state index in [1.54, 1.807) is 19.2 Å². The van der Waals surface area contributed by atoms with Gasteiger partial charge >= 0.3 is 6.61 Å². The van der Waals surface area contributed by atoms with Crippen LogP contribution >= 0.6 is 11.8 Å². The SMILES string of the molecule is CN(Cc1ccc(OC(F)F)cc1)C(=O)CSc1nc2cc(S(=O)(=O)N(C)C)ccc2o1. The number of nitrogens with zero attached hydrogens (tertiary/aromatic N) is 3. The molecular formula is C20H21F2N3O5S2. The highest BCUT2D eigenvalue weighted by Crippen LogP contribution is 2.26. The molecule has 0 atom stereocenters. The molecule has 1 heterocycles. The maximum Gasteiger partial charge on any atom is 0.387 e. The van der Waals surface area contributed by atoms with E-state index >= 15 is 0 Å². The number of carbonyl (C=O) groups is 1. The van der Waals surface area contributed by atoms with Crippen LogP contribution in [0, 0.1) is 0 Å². The highest BCUT2D eigenvalue weighted by molar-refractivity contribution is 7.99. The van der Waals surface area contributed by atoms with Crippen LogP contribution in [-0.4, -0.2) is 62.0 Å². The molecule has 12 heteroatoms. The summed E-state index contributed by atoms with van der Waals surface area (Å²) in [4.78, 5) is 18.3. The van der Waals surface area contributed by atoms with Crippen LogP contribution in [0.4, 0.5) is 8.78 Å². The lowest BCUT2D eigenvalue weighted by Crippen LogP contribution is -2.27. The second-order valence-corrected chi connectivity index (χ2v) is 10.0. The number of sulfonamides is 1. The standard InChI is InChI=1S/C20H21F2N3O5S2/c1-24(2)32(27,28)15-8-9-17-16(10-15)23-20(30-17)31-12-18(26)25(3)11-13-4-6-14(7-5-13)29-19(21)22/h4-10,19H,11-12H2,1-3H3. The number of thioether (sulfide) groups is 1. The zero-order valence-corrected chi connectivity index (χ0v) is 19.1. The van der Waals surface area contributed by atoms with E-state index in [0.717, 1.165) is 21.6 Å². The summed E-state index contributed by atoms with van der Waals surface area (Å²) >= 11 is 1.09. The first-order chi connectivity index (χ1) is 15.1. The van der Waals surface area contributed by atoms with Gasteiger partial charge in [0, 0.05) is 27.7 Å². The molecule has 8 nitrogen and oxygen atoms in total. The first kappa shape index (κ1) is 24.0. The fourth-order valence-corrected chi connectivity index (χ4v) is 4.39. The molecule has 1 amide bonds. The van der Waals surface area contributed by atoms with Crippen molar-refractivity contribution < 1.29 is 31.1 Å². The molecule has 0 N–H and O–H groups in total. The van der Waals surface area contributed by atoms with Crippen LogP contribution in [0.2, 0.25) is 0 Å². The Morgan fingerprint density at radius 1 is 1.16 bits per heavy atom. The van der Waals surface area contributed by atoms with E-state index in [4.69, 9.17) is 4.42 Å². The van der Waals surface area contributed by atoms with E-state index in [1.807, 2.05) is 0 Å². The second kappa shape index (κ2) is 9.84. The number of rotatable bonds is 9. The number of benzene rings is 2. The molecule has 0 bridgehead atoms. The number of amides is 1. The third-order valence-corrected chi connectivity index (χ3v) is 7.06. The number of fused-ring (bicyclic) bond motifs is 1. The molecule has 0 spiro atoms. The minimum Gasteiger partial charge on any atom is -0.435 e. The molecule has 1 aromatic heterocycles. The molecule has 3 rings (SSSR count). The number of hydrogen-bond donors (Lipinski definition) is 0. The molecule has 0 aliphatic heterocycles. The molecule has 32 heavy (non-hydrogen) atoms. The van der Waals surface area contributed by atoms with E-state index < -0.39 is 16.6 Å². The maximum absolute atomic E-state index is 12.4. The van der Waals surface area contributed by atoms with Gasteiger partial charge in [0.25, 0.3) is 5.22 Å². The van der Waals surface area contributed by atoms with Crippen molar-refractivity contribution in [1.29, 1.82) is 0 Å². The second-order valence-electron chi connectivity index (χ2n) is 6.96. The monoisotopic (exact) mass is 485 g/mol. The summed E-state index contributed by atoms with van der Waals surface area (Å²) in [6.07, 6.45) is 0. The quantitative estimate of drug-likeness (QED) is 0.429. The van der Waals surface area contributed by atoms with Crippen molar-refractivity contribution in [3.63, 3.8) is 0 Å². The minimum absolute atomic E-state index is 0.0470. The Bertz CT molecular complexity index is 1200. The average Bonchev–Trinajstić information content (AvgIpc) is 3.15. The predicted octanol–water partition coefficient (Wildman–Crippen LogP) is 3.43. The van der Waals surface area contributed by atoms with Gasteiger partial charge in [0.15, 0.2) is 5.58 Å². The van der Waals surface area contributed by atoms with Crippen molar-refractivity contribution >= 4 is 38.8 Å². The highest BCUT2D eigenvalue weighted by atomic mass is 32.2. The first-order valence-electron chi connectivity index (χ1n) is 9.30. The van der Waals surface area contributed by atoms with E-state index in [0.29, 0.717) is 11.1 Å². The lowest BCUT2D eigenvalue weighted by Gasteiger charge is -2.17. The van der Waals surface area contributed by atoms with Gasteiger partial charge in [-0.25, -0.2) is 17.7 Å². The van der Waals surface area contributed by atoms with Crippen molar-refractivity contribution in [3.8, 4) is 5.75 Å². The van der Waals surface area contributed by atoms with Crippen LogP contribution in [0.1, 0.15) is 5.56 Å². The Labute approximate surface area is 188 Å². The molecule has 0 saturated heterocycles. The number of halogens is 2. The Balaban J connectivity index is 1.60. The van der Waals surface area contributed by atoms with Crippen LogP contribution in [0.3, 0.4) is 0 Å². The molecule has 0 aliphatic carbocycles. The van der Waals surface area contributed by atoms with Gasteiger partial charge in [-0.3, -0.25) is 4.79 Å². The van der Waals surface area contributed by atoms with Crippen LogP contribution < -0.4 is 4.74 Å². The number of hydrogen-bond acceptors (Lipinski definition) is 7. The van der Waals surface area contributed by atoms with Gasteiger partial charge in [0.2, 0.25) is 15.9 Å². The Morgan fingerprint density at radius 3 is 2.47 bits per heavy atom. The van der Waals surface area contributed by atoms with E-state index in [-0.39, 0.29) is 34.1 Å². The molecule has 0 saturated carbocycles. The van der Waals surface area contributed by atoms with Gasteiger partial charge < -0.3 is 14.1 Å². The van der Waals surface area contributed by atoms with Gasteiger partial charge in [0.1, 0.15) is 11.3 Å². The third-order valence-electron chi connectivity index (χ3n) is 4.43. The summed E-state index contributed by atoms with van der Waals surface area (Å²) < 4.78 is 59.9. The molecule has 0 aliphatic rings. The Hall–Kier alpha value is -2.70. The van der Waals surface area contributed by atoms with Crippen LogP contribution in [0.5, 0.6) is 5.75 Å². The number of aromatic nitrogens is 1. The molecule has 0 unspecified atom stereocenters. The zero-order chi connectivity index (χ0) is 23.5. The molecule has 0 radical (unpaired) electrons. The van der Waals surface area contributed by atoms with Gasteiger partial charge in [-0.1, -0.05) is 23.9 Å². The van der Waals surface area contributed by atoms with Crippen molar-refractivity contribution in [2.45, 2.75) is 23.3 Å². The Kier molecular flexibility index (Phi) is 7.36. The average molecular weight is 486 g/mol. The molecule has 172 valence electrons. The fraction of sp³-hybridized carbons (Fsp3) is 0.300. The van der Waals surface area contributed by atoms with Crippen LogP contribution in [0.15, 0.2) is 57.0 Å². The van der Waals surface area contributed by atoms with Crippen LogP contribution in [-0.2, 0) is 21.4 Å². The zero-order valence-electron chi connectivity index (χ0n) is 17.5. The van der Waals surface area contributed by atoms with Crippen molar-refractivity contribution in [1.82, 2.24) is 14.2 Å². The van der Waals surface area contributed by atoms with E-state index in [9.17, 15) is 22.0 Å². The number of oxazole rings is 1. The van der Waals surface area contributed by atoms with Crippen molar-refractivity contribution in [3.05, 3.63) is 48.0 Å². The van der Waals surface area contributed by atoms with Gasteiger partial charge in [0.05, 0.1) is 10.6 Å². The maximum atomic E-state index is 12.4. The van der Waals surface area contributed by atoms with Crippen molar-refractivity contribution in [2.24, 2.45) is 0 Å². The summed E-state index contributed by atoms with van der Waals surface area (Å²) in [5.74, 6) is -0.0921. The molecular weight excluding hydrogens is 464 g/mol. The fourth-order valence-electron chi connectivity index (χ4n) is 2.69. The smallest absolute Gasteiger partial charge is 0.387 e. The topological polar surface area (TPSA) is 92.9 Å². The van der Waals surface area contributed by atoms with E-state index in [1.165, 1.54) is 49.3 Å². The van der Waals surface area contributed by atoms with Gasteiger partial charge in [-0.15, -0.1) is 0 Å². The van der Waals surface area contributed by atoms with Gasteiger partial charge in [-0.05, 0) is 35.9 Å². The lowest BCUT2D eigenvalue weighted by molar-refractivity contribution is -0.127. The highest BCUT2D eigenvalue weighted by Gasteiger charge is 2.19. The number of ether oxygens (including phenoxy) is 1. The van der Waals surface area contributed by atoms with Crippen molar-refractivity contribution in [2.75, 3.05) is 26.9 Å².